The molecule has 0 aliphatic heterocycles. The number of fused-ring (bicyclic) bond motifs is 1. The first-order valence-electron chi connectivity index (χ1n) is 9.95. The smallest absolute Gasteiger partial charge is 0.337 e. The standard InChI is InChI=1S/C25H22N2O4/c1-14-11-18(16(3)27-20-9-5-4-8-17(20)25(29)30)24-19(12-14)22(28)13-23(31-24)21-10-6-7-15(2)26-21/h4-13,16,27H,1-3H3,(H,29,30). The zero-order chi connectivity index (χ0) is 22.1. The van der Waals surface area contributed by atoms with Crippen LogP contribution in [0, 0.1) is 13.8 Å². The molecule has 2 N–H and O–H groups in total. The highest BCUT2D eigenvalue weighted by atomic mass is 16.4. The molecule has 0 aliphatic rings. The molecule has 0 fully saturated rings. The predicted octanol–water partition coefficient (Wildman–Crippen LogP) is 5.34. The van der Waals surface area contributed by atoms with E-state index in [9.17, 15) is 14.7 Å². The third kappa shape index (κ3) is 4.05. The number of pyridine rings is 1. The van der Waals surface area contributed by atoms with E-state index in [-0.39, 0.29) is 17.0 Å². The van der Waals surface area contributed by atoms with Crippen molar-refractivity contribution in [2.45, 2.75) is 26.8 Å². The normalized spacial score (nSPS) is 12.0. The first-order valence-corrected chi connectivity index (χ1v) is 9.95. The van der Waals surface area contributed by atoms with Gasteiger partial charge in [-0.1, -0.05) is 24.3 Å². The Morgan fingerprint density at radius 1 is 1.06 bits per heavy atom. The van der Waals surface area contributed by atoms with Crippen LogP contribution in [0.2, 0.25) is 0 Å². The first kappa shape index (κ1) is 20.3. The van der Waals surface area contributed by atoms with Crippen molar-refractivity contribution >= 4 is 22.6 Å². The minimum absolute atomic E-state index is 0.150. The molecule has 2 aromatic carbocycles. The molecule has 6 heteroatoms. The average molecular weight is 414 g/mol. The molecule has 4 rings (SSSR count). The number of para-hydroxylation sites is 1. The number of nitrogens with zero attached hydrogens (tertiary/aromatic N) is 1. The van der Waals surface area contributed by atoms with Crippen molar-refractivity contribution in [3.05, 3.63) is 93.3 Å². The Bertz CT molecular complexity index is 1360. The van der Waals surface area contributed by atoms with Gasteiger partial charge in [0, 0.05) is 23.0 Å². The SMILES string of the molecule is Cc1cc(C(C)Nc2ccccc2C(=O)O)c2oc(-c3cccc(C)n3)cc(=O)c2c1. The topological polar surface area (TPSA) is 92.4 Å². The molecule has 0 saturated carbocycles. The second-order valence-electron chi connectivity index (χ2n) is 7.59. The lowest BCUT2D eigenvalue weighted by Crippen LogP contribution is -2.12. The highest BCUT2D eigenvalue weighted by Crippen LogP contribution is 2.31. The number of nitrogens with one attached hydrogen (secondary N) is 1. The van der Waals surface area contributed by atoms with Gasteiger partial charge in [0.1, 0.15) is 11.3 Å². The van der Waals surface area contributed by atoms with E-state index in [1.54, 1.807) is 36.4 Å². The van der Waals surface area contributed by atoms with Crippen LogP contribution in [0.4, 0.5) is 5.69 Å². The summed E-state index contributed by atoms with van der Waals surface area (Å²) < 4.78 is 6.19. The predicted molar refractivity (Wildman–Crippen MR) is 121 cm³/mol. The fraction of sp³-hybridized carbons (Fsp3) is 0.160. The fourth-order valence-electron chi connectivity index (χ4n) is 3.67. The van der Waals surface area contributed by atoms with Crippen molar-refractivity contribution < 1.29 is 14.3 Å². The van der Waals surface area contributed by atoms with E-state index in [1.807, 2.05) is 39.0 Å². The monoisotopic (exact) mass is 414 g/mol. The number of hydrogen-bond acceptors (Lipinski definition) is 5. The number of anilines is 1. The Morgan fingerprint density at radius 3 is 2.58 bits per heavy atom. The number of aryl methyl sites for hydroxylation is 2. The van der Waals surface area contributed by atoms with Gasteiger partial charge in [0.2, 0.25) is 0 Å². The molecule has 1 atom stereocenters. The molecule has 0 spiro atoms. The second kappa shape index (κ2) is 8.07. The van der Waals surface area contributed by atoms with E-state index in [1.165, 1.54) is 6.07 Å². The van der Waals surface area contributed by atoms with Crippen LogP contribution in [0.5, 0.6) is 0 Å². The molecule has 6 nitrogen and oxygen atoms in total. The van der Waals surface area contributed by atoms with E-state index in [0.29, 0.717) is 28.1 Å². The van der Waals surface area contributed by atoms with Crippen LogP contribution >= 0.6 is 0 Å². The van der Waals surface area contributed by atoms with E-state index in [0.717, 1.165) is 16.8 Å². The van der Waals surface area contributed by atoms with Gasteiger partial charge in [-0.15, -0.1) is 0 Å². The molecule has 0 saturated heterocycles. The summed E-state index contributed by atoms with van der Waals surface area (Å²) in [5.41, 5.74) is 4.07. The molecule has 0 radical (unpaired) electrons. The number of aromatic nitrogens is 1. The zero-order valence-corrected chi connectivity index (χ0v) is 17.5. The Hall–Kier alpha value is -3.93. The van der Waals surface area contributed by atoms with Gasteiger partial charge in [-0.2, -0.15) is 0 Å². The van der Waals surface area contributed by atoms with Gasteiger partial charge in [-0.3, -0.25) is 4.79 Å². The van der Waals surface area contributed by atoms with Crippen LogP contribution in [-0.4, -0.2) is 16.1 Å². The second-order valence-corrected chi connectivity index (χ2v) is 7.59. The molecule has 0 bridgehead atoms. The van der Waals surface area contributed by atoms with E-state index in [4.69, 9.17) is 4.42 Å². The lowest BCUT2D eigenvalue weighted by molar-refractivity contribution is 0.0698. The molecular weight excluding hydrogens is 392 g/mol. The molecule has 1 unspecified atom stereocenters. The van der Waals surface area contributed by atoms with Crippen molar-refractivity contribution in [1.82, 2.24) is 4.98 Å². The van der Waals surface area contributed by atoms with Gasteiger partial charge >= 0.3 is 5.97 Å². The average Bonchev–Trinajstić information content (AvgIpc) is 2.74. The van der Waals surface area contributed by atoms with Gasteiger partial charge < -0.3 is 14.8 Å². The molecule has 156 valence electrons. The number of carbonyl (C=O) groups is 1. The van der Waals surface area contributed by atoms with E-state index >= 15 is 0 Å². The van der Waals surface area contributed by atoms with Crippen LogP contribution < -0.4 is 10.7 Å². The number of aromatic carboxylic acids is 1. The van der Waals surface area contributed by atoms with Crippen LogP contribution in [0.15, 0.2) is 69.9 Å². The van der Waals surface area contributed by atoms with Crippen molar-refractivity contribution in [3.8, 4) is 11.5 Å². The summed E-state index contributed by atoms with van der Waals surface area (Å²) in [4.78, 5) is 28.9. The van der Waals surface area contributed by atoms with E-state index < -0.39 is 5.97 Å². The Kier molecular flexibility index (Phi) is 5.29. The fourth-order valence-corrected chi connectivity index (χ4v) is 3.67. The number of hydrogen-bond donors (Lipinski definition) is 2. The Morgan fingerprint density at radius 2 is 1.84 bits per heavy atom. The van der Waals surface area contributed by atoms with Crippen LogP contribution in [-0.2, 0) is 0 Å². The minimum atomic E-state index is -1.01. The quantitative estimate of drug-likeness (QED) is 0.458. The Labute approximate surface area is 179 Å². The largest absolute Gasteiger partial charge is 0.478 e. The maximum atomic E-state index is 12.9. The lowest BCUT2D eigenvalue weighted by atomic mass is 10.0. The van der Waals surface area contributed by atoms with E-state index in [2.05, 4.69) is 10.3 Å². The van der Waals surface area contributed by atoms with Gasteiger partial charge in [0.25, 0.3) is 0 Å². The number of carboxylic acid groups (broad SMARTS) is 1. The van der Waals surface area contributed by atoms with Crippen molar-refractivity contribution in [2.24, 2.45) is 0 Å². The zero-order valence-electron chi connectivity index (χ0n) is 17.5. The third-order valence-corrected chi connectivity index (χ3v) is 5.14. The van der Waals surface area contributed by atoms with Crippen LogP contribution in [0.25, 0.3) is 22.4 Å². The summed E-state index contributed by atoms with van der Waals surface area (Å²) >= 11 is 0. The molecule has 2 heterocycles. The van der Waals surface area contributed by atoms with Gasteiger partial charge in [0.15, 0.2) is 11.2 Å². The lowest BCUT2D eigenvalue weighted by Gasteiger charge is -2.19. The first-order chi connectivity index (χ1) is 14.8. The summed E-state index contributed by atoms with van der Waals surface area (Å²) in [6.45, 7) is 5.70. The number of rotatable bonds is 5. The molecular formula is C25H22N2O4. The van der Waals surface area contributed by atoms with Gasteiger partial charge in [-0.05, 0) is 56.7 Å². The van der Waals surface area contributed by atoms with Crippen molar-refractivity contribution in [2.75, 3.05) is 5.32 Å². The minimum Gasteiger partial charge on any atom is -0.478 e. The molecule has 2 aromatic heterocycles. The third-order valence-electron chi connectivity index (χ3n) is 5.14. The molecule has 4 aromatic rings. The van der Waals surface area contributed by atoms with Crippen LogP contribution in [0.3, 0.4) is 0 Å². The van der Waals surface area contributed by atoms with Crippen molar-refractivity contribution in [1.29, 1.82) is 0 Å². The molecule has 31 heavy (non-hydrogen) atoms. The summed E-state index contributed by atoms with van der Waals surface area (Å²) in [6.07, 6.45) is 0. The van der Waals surface area contributed by atoms with Crippen molar-refractivity contribution in [3.63, 3.8) is 0 Å². The summed E-state index contributed by atoms with van der Waals surface area (Å²) in [7, 11) is 0. The molecule has 0 aliphatic carbocycles. The van der Waals surface area contributed by atoms with Crippen LogP contribution in [0.1, 0.15) is 40.1 Å². The Balaban J connectivity index is 1.85. The highest BCUT2D eigenvalue weighted by Gasteiger charge is 2.18. The highest BCUT2D eigenvalue weighted by molar-refractivity contribution is 5.94. The van der Waals surface area contributed by atoms with Gasteiger partial charge in [-0.25, -0.2) is 9.78 Å². The maximum Gasteiger partial charge on any atom is 0.337 e. The molecule has 0 amide bonds. The summed E-state index contributed by atoms with van der Waals surface area (Å²) in [5.74, 6) is -0.617. The number of carboxylic acids is 1. The van der Waals surface area contributed by atoms with Gasteiger partial charge in [0.05, 0.1) is 17.0 Å². The summed E-state index contributed by atoms with van der Waals surface area (Å²) in [5, 5.41) is 13.2. The maximum absolute atomic E-state index is 12.9. The summed E-state index contributed by atoms with van der Waals surface area (Å²) in [6, 6.07) is 17.2. The number of benzene rings is 2.